The van der Waals surface area contributed by atoms with Gasteiger partial charge in [-0.15, -0.1) is 0 Å². The summed E-state index contributed by atoms with van der Waals surface area (Å²) in [6.07, 6.45) is 7.05. The first-order valence-corrected chi connectivity index (χ1v) is 8.91. The SMILES string of the molecule is COC(=O)Cc1ccc(N2CCC(N3CCCCC3)CC2)cc1. The van der Waals surface area contributed by atoms with Crippen LogP contribution in [0, 0.1) is 0 Å². The summed E-state index contributed by atoms with van der Waals surface area (Å²) in [5.41, 5.74) is 2.29. The van der Waals surface area contributed by atoms with Crippen molar-refractivity contribution in [2.24, 2.45) is 0 Å². The van der Waals surface area contributed by atoms with Crippen LogP contribution in [0.5, 0.6) is 0 Å². The zero-order valence-corrected chi connectivity index (χ0v) is 14.2. The zero-order chi connectivity index (χ0) is 16.1. The van der Waals surface area contributed by atoms with E-state index in [4.69, 9.17) is 4.74 Å². The van der Waals surface area contributed by atoms with Crippen molar-refractivity contribution >= 4 is 11.7 Å². The topological polar surface area (TPSA) is 32.8 Å². The first-order valence-electron chi connectivity index (χ1n) is 8.91. The second kappa shape index (κ2) is 7.82. The molecule has 2 aliphatic rings. The number of anilines is 1. The van der Waals surface area contributed by atoms with Gasteiger partial charge in [-0.05, 0) is 56.5 Å². The van der Waals surface area contributed by atoms with E-state index in [2.05, 4.69) is 21.9 Å². The van der Waals surface area contributed by atoms with Crippen LogP contribution >= 0.6 is 0 Å². The Morgan fingerprint density at radius 3 is 2.30 bits per heavy atom. The van der Waals surface area contributed by atoms with Gasteiger partial charge in [0.15, 0.2) is 0 Å². The smallest absolute Gasteiger partial charge is 0.309 e. The number of hydrogen-bond acceptors (Lipinski definition) is 4. The van der Waals surface area contributed by atoms with Crippen LogP contribution in [0.4, 0.5) is 5.69 Å². The van der Waals surface area contributed by atoms with Crippen LogP contribution in [0.3, 0.4) is 0 Å². The van der Waals surface area contributed by atoms with Crippen LogP contribution in [0.1, 0.15) is 37.7 Å². The minimum absolute atomic E-state index is 0.180. The molecule has 4 nitrogen and oxygen atoms in total. The van der Waals surface area contributed by atoms with Crippen LogP contribution in [0.25, 0.3) is 0 Å². The average molecular weight is 316 g/mol. The Balaban J connectivity index is 1.52. The molecule has 1 aromatic rings. The number of nitrogens with zero attached hydrogens (tertiary/aromatic N) is 2. The largest absolute Gasteiger partial charge is 0.469 e. The van der Waals surface area contributed by atoms with Gasteiger partial charge >= 0.3 is 5.97 Å². The third kappa shape index (κ3) is 4.25. The monoisotopic (exact) mass is 316 g/mol. The molecule has 2 aliphatic heterocycles. The Morgan fingerprint density at radius 2 is 1.70 bits per heavy atom. The minimum Gasteiger partial charge on any atom is -0.469 e. The van der Waals surface area contributed by atoms with Gasteiger partial charge in [0.2, 0.25) is 0 Å². The number of hydrogen-bond donors (Lipinski definition) is 0. The molecule has 0 N–H and O–H groups in total. The van der Waals surface area contributed by atoms with Gasteiger partial charge in [0, 0.05) is 24.8 Å². The lowest BCUT2D eigenvalue weighted by atomic mass is 9.99. The first kappa shape index (κ1) is 16.3. The molecule has 1 aromatic carbocycles. The Bertz CT molecular complexity index is 501. The van der Waals surface area contributed by atoms with Gasteiger partial charge < -0.3 is 14.5 Å². The summed E-state index contributed by atoms with van der Waals surface area (Å²) in [4.78, 5) is 16.5. The van der Waals surface area contributed by atoms with Crippen LogP contribution in [-0.2, 0) is 16.0 Å². The normalized spacial score (nSPS) is 20.5. The molecule has 0 bridgehead atoms. The zero-order valence-electron chi connectivity index (χ0n) is 14.2. The molecule has 23 heavy (non-hydrogen) atoms. The Kier molecular flexibility index (Phi) is 5.55. The number of benzene rings is 1. The second-order valence-electron chi connectivity index (χ2n) is 6.73. The Morgan fingerprint density at radius 1 is 1.04 bits per heavy atom. The van der Waals surface area contributed by atoms with Crippen molar-refractivity contribution in [2.45, 2.75) is 44.6 Å². The van der Waals surface area contributed by atoms with Crippen LogP contribution in [0.2, 0.25) is 0 Å². The molecule has 0 amide bonds. The fourth-order valence-electron chi connectivity index (χ4n) is 3.84. The van der Waals surface area contributed by atoms with E-state index in [1.165, 1.54) is 58.0 Å². The highest BCUT2D eigenvalue weighted by molar-refractivity contribution is 5.72. The second-order valence-corrected chi connectivity index (χ2v) is 6.73. The molecule has 0 spiro atoms. The van der Waals surface area contributed by atoms with Gasteiger partial charge in [0.05, 0.1) is 13.5 Å². The molecule has 2 fully saturated rings. The number of carbonyl (C=O) groups is 1. The molecule has 0 aromatic heterocycles. The van der Waals surface area contributed by atoms with E-state index in [-0.39, 0.29) is 5.97 Å². The average Bonchev–Trinajstić information content (AvgIpc) is 2.63. The maximum absolute atomic E-state index is 11.3. The number of rotatable bonds is 4. The van der Waals surface area contributed by atoms with Gasteiger partial charge in [-0.3, -0.25) is 4.79 Å². The number of likely N-dealkylation sites (tertiary alicyclic amines) is 1. The maximum atomic E-state index is 11.3. The third-order valence-corrected chi connectivity index (χ3v) is 5.25. The van der Waals surface area contributed by atoms with Crippen molar-refractivity contribution in [3.8, 4) is 0 Å². The van der Waals surface area contributed by atoms with E-state index in [1.807, 2.05) is 12.1 Å². The molecule has 0 aliphatic carbocycles. The quantitative estimate of drug-likeness (QED) is 0.800. The summed E-state index contributed by atoms with van der Waals surface area (Å²) in [7, 11) is 1.43. The molecule has 2 heterocycles. The van der Waals surface area contributed by atoms with Crippen molar-refractivity contribution < 1.29 is 9.53 Å². The van der Waals surface area contributed by atoms with Gasteiger partial charge in [-0.25, -0.2) is 0 Å². The number of piperidine rings is 2. The molecule has 0 saturated carbocycles. The van der Waals surface area contributed by atoms with Crippen LogP contribution in [0.15, 0.2) is 24.3 Å². The summed E-state index contributed by atoms with van der Waals surface area (Å²) in [6.45, 7) is 4.87. The van der Waals surface area contributed by atoms with Crippen molar-refractivity contribution in [1.82, 2.24) is 4.90 Å². The molecular formula is C19H28N2O2. The lowest BCUT2D eigenvalue weighted by Crippen LogP contribution is -2.46. The van der Waals surface area contributed by atoms with Gasteiger partial charge in [0.1, 0.15) is 0 Å². The Labute approximate surface area is 139 Å². The Hall–Kier alpha value is -1.55. The standard InChI is InChI=1S/C19H28N2O2/c1-23-19(22)15-16-5-7-17(8-6-16)21-13-9-18(10-14-21)20-11-3-2-4-12-20/h5-8,18H,2-4,9-15H2,1H3. The maximum Gasteiger partial charge on any atom is 0.309 e. The fraction of sp³-hybridized carbons (Fsp3) is 0.632. The lowest BCUT2D eigenvalue weighted by molar-refractivity contribution is -0.139. The molecule has 3 rings (SSSR count). The van der Waals surface area contributed by atoms with E-state index in [0.29, 0.717) is 6.42 Å². The van der Waals surface area contributed by atoms with E-state index < -0.39 is 0 Å². The lowest BCUT2D eigenvalue weighted by Gasteiger charge is -2.41. The summed E-state index contributed by atoms with van der Waals surface area (Å²) in [5, 5.41) is 0. The minimum atomic E-state index is -0.180. The summed E-state index contributed by atoms with van der Waals surface area (Å²) in [6, 6.07) is 9.15. The van der Waals surface area contributed by atoms with E-state index >= 15 is 0 Å². The molecule has 0 radical (unpaired) electrons. The van der Waals surface area contributed by atoms with Crippen molar-refractivity contribution in [3.05, 3.63) is 29.8 Å². The van der Waals surface area contributed by atoms with Crippen LogP contribution < -0.4 is 4.90 Å². The molecule has 4 heteroatoms. The molecule has 126 valence electrons. The summed E-state index contributed by atoms with van der Waals surface area (Å²) < 4.78 is 4.72. The fourth-order valence-corrected chi connectivity index (χ4v) is 3.84. The summed E-state index contributed by atoms with van der Waals surface area (Å²) >= 11 is 0. The van der Waals surface area contributed by atoms with Crippen molar-refractivity contribution in [1.29, 1.82) is 0 Å². The van der Waals surface area contributed by atoms with E-state index in [0.717, 1.165) is 24.7 Å². The van der Waals surface area contributed by atoms with Crippen LogP contribution in [-0.4, -0.2) is 50.2 Å². The number of methoxy groups -OCH3 is 1. The predicted molar refractivity (Wildman–Crippen MR) is 92.8 cm³/mol. The number of carbonyl (C=O) groups excluding carboxylic acids is 1. The van der Waals surface area contributed by atoms with E-state index in [1.54, 1.807) is 0 Å². The predicted octanol–water partition coefficient (Wildman–Crippen LogP) is 2.86. The third-order valence-electron chi connectivity index (χ3n) is 5.25. The number of esters is 1. The van der Waals surface area contributed by atoms with Gasteiger partial charge in [-0.1, -0.05) is 18.6 Å². The molecule has 0 unspecified atom stereocenters. The highest BCUT2D eigenvalue weighted by atomic mass is 16.5. The number of ether oxygens (including phenoxy) is 1. The molecule has 0 atom stereocenters. The van der Waals surface area contributed by atoms with Gasteiger partial charge in [-0.2, -0.15) is 0 Å². The molecule has 2 saturated heterocycles. The summed E-state index contributed by atoms with van der Waals surface area (Å²) in [5.74, 6) is -0.180. The molecular weight excluding hydrogens is 288 g/mol. The van der Waals surface area contributed by atoms with Crippen molar-refractivity contribution in [2.75, 3.05) is 38.2 Å². The van der Waals surface area contributed by atoms with Crippen molar-refractivity contribution in [3.63, 3.8) is 0 Å². The van der Waals surface area contributed by atoms with E-state index in [9.17, 15) is 4.79 Å². The van der Waals surface area contributed by atoms with Gasteiger partial charge in [0.25, 0.3) is 0 Å². The highest BCUT2D eigenvalue weighted by Gasteiger charge is 2.25. The first-order chi connectivity index (χ1) is 11.3. The highest BCUT2D eigenvalue weighted by Crippen LogP contribution is 2.25.